The van der Waals surface area contributed by atoms with Crippen molar-refractivity contribution < 1.29 is 9.72 Å². The maximum Gasteiger partial charge on any atom is 0.270 e. The number of nitro benzene ring substituents is 1. The van der Waals surface area contributed by atoms with Crippen LogP contribution in [0.3, 0.4) is 0 Å². The molecule has 1 aromatic rings. The third-order valence-corrected chi connectivity index (χ3v) is 2.34. The van der Waals surface area contributed by atoms with Gasteiger partial charge in [0.05, 0.1) is 4.92 Å². The number of rotatable bonds is 6. The van der Waals surface area contributed by atoms with Gasteiger partial charge in [-0.2, -0.15) is 0 Å². The molecule has 1 rings (SSSR count). The molecule has 0 atom stereocenters. The van der Waals surface area contributed by atoms with Crippen LogP contribution < -0.4 is 0 Å². The summed E-state index contributed by atoms with van der Waals surface area (Å²) in [4.78, 5) is 21.7. The van der Waals surface area contributed by atoms with E-state index in [2.05, 4.69) is 6.92 Å². The lowest BCUT2D eigenvalue weighted by molar-refractivity contribution is -0.384. The number of non-ortho nitro benzene ring substituents is 1. The van der Waals surface area contributed by atoms with Crippen molar-refractivity contribution in [3.05, 3.63) is 52.1 Å². The molecule has 0 bridgehead atoms. The monoisotopic (exact) mass is 233 g/mol. The summed E-state index contributed by atoms with van der Waals surface area (Å²) in [5, 5.41) is 10.6. The highest BCUT2D eigenvalue weighted by Gasteiger charge is 2.08. The zero-order chi connectivity index (χ0) is 12.7. The van der Waals surface area contributed by atoms with Crippen LogP contribution in [0.2, 0.25) is 0 Å². The van der Waals surface area contributed by atoms with Crippen LogP contribution in [0.1, 0.15) is 36.5 Å². The predicted octanol–water partition coefficient (Wildman–Crippen LogP) is 3.52. The normalized spacial score (nSPS) is 10.6. The van der Waals surface area contributed by atoms with E-state index in [4.69, 9.17) is 0 Å². The smallest absolute Gasteiger partial charge is 0.270 e. The fourth-order valence-corrected chi connectivity index (χ4v) is 1.38. The first-order chi connectivity index (χ1) is 8.15. The molecule has 0 aliphatic heterocycles. The van der Waals surface area contributed by atoms with Crippen molar-refractivity contribution in [3.8, 4) is 0 Å². The van der Waals surface area contributed by atoms with E-state index in [0.717, 1.165) is 19.3 Å². The second-order valence-electron chi connectivity index (χ2n) is 3.72. The lowest BCUT2D eigenvalue weighted by Crippen LogP contribution is -1.96. The molecule has 0 N–H and O–H groups in total. The van der Waals surface area contributed by atoms with Gasteiger partial charge in [-0.3, -0.25) is 14.9 Å². The number of ketones is 1. The first-order valence-electron chi connectivity index (χ1n) is 5.60. The minimum absolute atomic E-state index is 0.0576. The Bertz CT molecular complexity index is 438. The minimum Gasteiger partial charge on any atom is -0.289 e. The number of hydrogen-bond donors (Lipinski definition) is 0. The van der Waals surface area contributed by atoms with Gasteiger partial charge in [0.15, 0.2) is 5.78 Å². The van der Waals surface area contributed by atoms with Crippen LogP contribution in [0.15, 0.2) is 36.4 Å². The SMILES string of the molecule is CCCC/C=C/C(=O)c1cccc([N+](=O)[O-])c1. The second kappa shape index (κ2) is 6.58. The number of benzene rings is 1. The lowest BCUT2D eigenvalue weighted by atomic mass is 10.1. The quantitative estimate of drug-likeness (QED) is 0.248. The van der Waals surface area contributed by atoms with Crippen LogP contribution >= 0.6 is 0 Å². The maximum atomic E-state index is 11.7. The summed E-state index contributed by atoms with van der Waals surface area (Å²) in [6, 6.07) is 5.77. The third kappa shape index (κ3) is 4.18. The van der Waals surface area contributed by atoms with Gasteiger partial charge < -0.3 is 0 Å². The van der Waals surface area contributed by atoms with E-state index < -0.39 is 4.92 Å². The van der Waals surface area contributed by atoms with Gasteiger partial charge in [-0.05, 0) is 12.5 Å². The van der Waals surface area contributed by atoms with Gasteiger partial charge in [0.25, 0.3) is 5.69 Å². The highest BCUT2D eigenvalue weighted by atomic mass is 16.6. The molecule has 4 heteroatoms. The van der Waals surface area contributed by atoms with Gasteiger partial charge in [0.1, 0.15) is 0 Å². The summed E-state index contributed by atoms with van der Waals surface area (Å²) < 4.78 is 0. The Hall–Kier alpha value is -1.97. The maximum absolute atomic E-state index is 11.7. The van der Waals surface area contributed by atoms with Gasteiger partial charge in [0.2, 0.25) is 0 Å². The van der Waals surface area contributed by atoms with E-state index >= 15 is 0 Å². The summed E-state index contributed by atoms with van der Waals surface area (Å²) >= 11 is 0. The van der Waals surface area contributed by atoms with Crippen molar-refractivity contribution in [1.82, 2.24) is 0 Å². The standard InChI is InChI=1S/C13H15NO3/c1-2-3-4-5-9-13(15)11-7-6-8-12(10-11)14(16)17/h5-10H,2-4H2,1H3/b9-5+. The largest absolute Gasteiger partial charge is 0.289 e. The number of hydrogen-bond acceptors (Lipinski definition) is 3. The van der Waals surface area contributed by atoms with Crippen LogP contribution in [0.4, 0.5) is 5.69 Å². The van der Waals surface area contributed by atoms with E-state index in [0.29, 0.717) is 5.56 Å². The van der Waals surface area contributed by atoms with E-state index in [1.165, 1.54) is 24.3 Å². The molecule has 0 radical (unpaired) electrons. The summed E-state index contributed by atoms with van der Waals surface area (Å²) in [6.07, 6.45) is 6.27. The van der Waals surface area contributed by atoms with Gasteiger partial charge in [-0.1, -0.05) is 38.0 Å². The van der Waals surface area contributed by atoms with Crippen LogP contribution in [0.25, 0.3) is 0 Å². The van der Waals surface area contributed by atoms with Gasteiger partial charge in [-0.15, -0.1) is 0 Å². The van der Waals surface area contributed by atoms with Crippen LogP contribution in [-0.2, 0) is 0 Å². The fraction of sp³-hybridized carbons (Fsp3) is 0.308. The zero-order valence-corrected chi connectivity index (χ0v) is 9.76. The molecule has 0 fully saturated rings. The molecule has 0 saturated heterocycles. The van der Waals surface area contributed by atoms with Crippen molar-refractivity contribution in [2.24, 2.45) is 0 Å². The lowest BCUT2D eigenvalue weighted by Gasteiger charge is -1.96. The molecule has 17 heavy (non-hydrogen) atoms. The molecule has 0 aromatic heterocycles. The van der Waals surface area contributed by atoms with Crippen LogP contribution in [0, 0.1) is 10.1 Å². The molecule has 0 amide bonds. The molecule has 90 valence electrons. The summed E-state index contributed by atoms with van der Waals surface area (Å²) in [5.41, 5.74) is 0.296. The molecule has 0 heterocycles. The molecule has 0 spiro atoms. The number of carbonyl (C=O) groups excluding carboxylic acids is 1. The molecular weight excluding hydrogens is 218 g/mol. The molecule has 0 unspecified atom stereocenters. The van der Waals surface area contributed by atoms with E-state index in [1.807, 2.05) is 6.08 Å². The molecule has 1 aromatic carbocycles. The molecule has 0 aliphatic carbocycles. The van der Waals surface area contributed by atoms with E-state index in [9.17, 15) is 14.9 Å². The van der Waals surface area contributed by atoms with Crippen LogP contribution in [-0.4, -0.2) is 10.7 Å². The number of unbranched alkanes of at least 4 members (excludes halogenated alkanes) is 2. The van der Waals surface area contributed by atoms with Crippen molar-refractivity contribution in [3.63, 3.8) is 0 Å². The van der Waals surface area contributed by atoms with Crippen molar-refractivity contribution in [1.29, 1.82) is 0 Å². The first-order valence-corrected chi connectivity index (χ1v) is 5.60. The Kier molecular flexibility index (Phi) is 5.07. The van der Waals surface area contributed by atoms with Crippen LogP contribution in [0.5, 0.6) is 0 Å². The fourth-order valence-electron chi connectivity index (χ4n) is 1.38. The average molecular weight is 233 g/mol. The Balaban J connectivity index is 2.72. The molecule has 0 saturated carbocycles. The Morgan fingerprint density at radius 2 is 2.24 bits per heavy atom. The molecule has 0 aliphatic rings. The summed E-state index contributed by atoms with van der Waals surface area (Å²) in [6.45, 7) is 2.08. The third-order valence-electron chi connectivity index (χ3n) is 2.34. The molecular formula is C13H15NO3. The number of nitro groups is 1. The molecule has 4 nitrogen and oxygen atoms in total. The number of nitrogens with zero attached hydrogens (tertiary/aromatic N) is 1. The summed E-state index contributed by atoms with van der Waals surface area (Å²) in [5.74, 6) is -0.190. The van der Waals surface area contributed by atoms with E-state index in [1.54, 1.807) is 6.07 Å². The topological polar surface area (TPSA) is 60.2 Å². The predicted molar refractivity (Wildman–Crippen MR) is 66.1 cm³/mol. The van der Waals surface area contributed by atoms with Crippen molar-refractivity contribution in [2.45, 2.75) is 26.2 Å². The van der Waals surface area contributed by atoms with Crippen molar-refractivity contribution >= 4 is 11.5 Å². The number of allylic oxidation sites excluding steroid dienone is 2. The Labute approximate surface area is 100 Å². The highest BCUT2D eigenvalue weighted by molar-refractivity contribution is 6.04. The Morgan fingerprint density at radius 1 is 1.47 bits per heavy atom. The highest BCUT2D eigenvalue weighted by Crippen LogP contribution is 2.14. The van der Waals surface area contributed by atoms with Crippen molar-refractivity contribution in [2.75, 3.05) is 0 Å². The number of carbonyl (C=O) groups is 1. The average Bonchev–Trinajstić information content (AvgIpc) is 2.34. The Morgan fingerprint density at radius 3 is 2.88 bits per heavy atom. The summed E-state index contributed by atoms with van der Waals surface area (Å²) in [7, 11) is 0. The van der Waals surface area contributed by atoms with Gasteiger partial charge in [-0.25, -0.2) is 0 Å². The minimum atomic E-state index is -0.502. The second-order valence-corrected chi connectivity index (χ2v) is 3.72. The zero-order valence-electron chi connectivity index (χ0n) is 9.76. The van der Waals surface area contributed by atoms with Gasteiger partial charge in [0, 0.05) is 17.7 Å². The van der Waals surface area contributed by atoms with Gasteiger partial charge >= 0.3 is 0 Å². The first kappa shape index (κ1) is 13.1. The van der Waals surface area contributed by atoms with E-state index in [-0.39, 0.29) is 11.5 Å².